The minimum Gasteiger partial charge on any atom is -0.491 e. The van der Waals surface area contributed by atoms with Gasteiger partial charge in [-0.2, -0.15) is 0 Å². The summed E-state index contributed by atoms with van der Waals surface area (Å²) >= 11 is 12.0. The van der Waals surface area contributed by atoms with E-state index in [2.05, 4.69) is 56.5 Å². The molecule has 0 spiro atoms. The zero-order valence-corrected chi connectivity index (χ0v) is 41.9. The van der Waals surface area contributed by atoms with Gasteiger partial charge in [-0.3, -0.25) is 29.1 Å². The van der Waals surface area contributed by atoms with Gasteiger partial charge in [-0.15, -0.1) is 12.4 Å². The third-order valence-corrected chi connectivity index (χ3v) is 11.7. The van der Waals surface area contributed by atoms with E-state index in [-0.39, 0.29) is 94.4 Å². The molecule has 2 aliphatic rings. The van der Waals surface area contributed by atoms with E-state index >= 15 is 0 Å². The van der Waals surface area contributed by atoms with Gasteiger partial charge >= 0.3 is 11.9 Å². The molecule has 4 aromatic heterocycles. The SMILES string of the molecule is COC(=O)[C@H]1C[C@@H](NC(=O)c2cnccc2Nc2nc(-c3cc(Cl)ccc3F)ncc2OC)CN1.Cl.[B]C(=O)N1C[C@H](NC(=O)c2cnccc2Nc2nc(-c3cc(Cl)ccc3F)ncc2OC)C[C@@H]1C(=O)OC. The number of rotatable bonds is 14. The summed E-state index contributed by atoms with van der Waals surface area (Å²) in [5.41, 5.74) is 1.27. The average molecular weight is 1080 g/mol. The monoisotopic (exact) mass is 1070 g/mol. The van der Waals surface area contributed by atoms with Crippen molar-refractivity contribution >= 4 is 96.0 Å². The summed E-state index contributed by atoms with van der Waals surface area (Å²) in [6, 6.07) is 8.99. The number of halogens is 5. The number of anilines is 4. The summed E-state index contributed by atoms with van der Waals surface area (Å²) in [6.45, 7) is 0.445. The van der Waals surface area contributed by atoms with Crippen LogP contribution in [0.3, 0.4) is 0 Å². The molecule has 0 bridgehead atoms. The van der Waals surface area contributed by atoms with Crippen LogP contribution >= 0.6 is 35.6 Å². The lowest BCUT2D eigenvalue weighted by molar-refractivity contribution is -0.145. The molecule has 2 aromatic carbocycles. The smallest absolute Gasteiger partial charge is 0.328 e. The van der Waals surface area contributed by atoms with Gasteiger partial charge in [-0.25, -0.2) is 33.5 Å². The normalized spacial score (nSPS) is 16.6. The number of benzene rings is 2. The molecule has 2 saturated heterocycles. The molecule has 2 aliphatic heterocycles. The number of amides is 3. The molecule has 0 unspecified atom stereocenters. The molecule has 21 nitrogen and oxygen atoms in total. The summed E-state index contributed by atoms with van der Waals surface area (Å²) in [5, 5.41) is 15.4. The molecule has 6 heterocycles. The maximum absolute atomic E-state index is 14.4. The molecule has 3 amide bonds. The number of pyridine rings is 2. The van der Waals surface area contributed by atoms with Crippen molar-refractivity contribution in [3.63, 3.8) is 0 Å². The van der Waals surface area contributed by atoms with E-state index < -0.39 is 53.4 Å². The van der Waals surface area contributed by atoms with Gasteiger partial charge in [-0.05, 0) is 55.0 Å². The van der Waals surface area contributed by atoms with Crippen LogP contribution in [0, 0.1) is 11.6 Å². The number of nitrogens with one attached hydrogen (secondary N) is 5. The second kappa shape index (κ2) is 25.2. The Morgan fingerprint density at radius 1 is 0.689 bits per heavy atom. The Labute approximate surface area is 438 Å². The molecule has 384 valence electrons. The number of hydrogen-bond donors (Lipinski definition) is 5. The van der Waals surface area contributed by atoms with Crippen molar-refractivity contribution < 1.29 is 51.7 Å². The first-order chi connectivity index (χ1) is 35.1. The molecule has 6 aromatic rings. The van der Waals surface area contributed by atoms with Gasteiger partial charge < -0.3 is 50.4 Å². The first-order valence-electron chi connectivity index (χ1n) is 21.8. The second-order valence-corrected chi connectivity index (χ2v) is 16.8. The van der Waals surface area contributed by atoms with Crippen molar-refractivity contribution in [3.8, 4) is 34.3 Å². The van der Waals surface area contributed by atoms with Crippen molar-refractivity contribution in [3.05, 3.63) is 119 Å². The quantitative estimate of drug-likeness (QED) is 0.0632. The van der Waals surface area contributed by atoms with Gasteiger partial charge in [0.15, 0.2) is 40.6 Å². The summed E-state index contributed by atoms with van der Waals surface area (Å²) in [4.78, 5) is 88.1. The minimum absolute atomic E-state index is 0. The van der Waals surface area contributed by atoms with Crippen LogP contribution in [0.1, 0.15) is 33.6 Å². The van der Waals surface area contributed by atoms with Crippen molar-refractivity contribution in [2.45, 2.75) is 37.0 Å². The minimum atomic E-state index is -0.912. The van der Waals surface area contributed by atoms with Crippen LogP contribution in [0.25, 0.3) is 22.8 Å². The molecular weight excluding hydrogens is 1030 g/mol. The van der Waals surface area contributed by atoms with Crippen LogP contribution in [0.2, 0.25) is 10.0 Å². The molecule has 0 aliphatic carbocycles. The predicted octanol–water partition coefficient (Wildman–Crippen LogP) is 5.86. The molecule has 2 fully saturated rings. The zero-order chi connectivity index (χ0) is 52.3. The van der Waals surface area contributed by atoms with Gasteiger partial charge in [0.05, 0.1) is 74.5 Å². The number of methoxy groups -OCH3 is 4. The summed E-state index contributed by atoms with van der Waals surface area (Å²) in [5.74, 6) is -2.85. The summed E-state index contributed by atoms with van der Waals surface area (Å²) < 4.78 is 49.0. The molecule has 27 heteroatoms. The number of nitrogens with zero attached hydrogens (tertiary/aromatic N) is 7. The van der Waals surface area contributed by atoms with Crippen molar-refractivity contribution in [2.75, 3.05) is 52.2 Å². The van der Waals surface area contributed by atoms with E-state index in [4.69, 9.17) is 50.0 Å². The summed E-state index contributed by atoms with van der Waals surface area (Å²) in [6.07, 6.45) is 8.98. The van der Waals surface area contributed by atoms with Crippen molar-refractivity contribution in [1.29, 1.82) is 0 Å². The van der Waals surface area contributed by atoms with Crippen LogP contribution in [0.15, 0.2) is 85.7 Å². The number of esters is 2. The number of carbonyl (C=O) groups is 5. The van der Waals surface area contributed by atoms with Crippen LogP contribution in [-0.2, 0) is 19.1 Å². The molecule has 5 N–H and O–H groups in total. The average Bonchev–Trinajstić information content (AvgIpc) is 4.05. The lowest BCUT2D eigenvalue weighted by atomic mass is 10.1. The van der Waals surface area contributed by atoms with E-state index in [0.29, 0.717) is 34.4 Å². The number of hydrogen-bond acceptors (Lipinski definition) is 18. The maximum Gasteiger partial charge on any atom is 0.328 e. The Hall–Kier alpha value is -7.80. The zero-order valence-electron chi connectivity index (χ0n) is 39.5. The van der Waals surface area contributed by atoms with Gasteiger partial charge in [0, 0.05) is 66.4 Å². The second-order valence-electron chi connectivity index (χ2n) is 15.9. The van der Waals surface area contributed by atoms with Crippen LogP contribution < -0.4 is 36.1 Å². The van der Waals surface area contributed by atoms with Crippen molar-refractivity contribution in [2.24, 2.45) is 0 Å². The lowest BCUT2D eigenvalue weighted by Gasteiger charge is -2.21. The molecular formula is C47H44BCl3F2N12O9. The van der Waals surface area contributed by atoms with E-state index in [1.165, 1.54) is 108 Å². The van der Waals surface area contributed by atoms with E-state index in [1.807, 2.05) is 0 Å². The largest absolute Gasteiger partial charge is 0.491 e. The topological polar surface area (TPSA) is 263 Å². The highest BCUT2D eigenvalue weighted by molar-refractivity contribution is 6.57. The number of ether oxygens (including phenoxy) is 4. The van der Waals surface area contributed by atoms with Gasteiger partial charge in [0.1, 0.15) is 23.7 Å². The third kappa shape index (κ3) is 13.2. The fraction of sp³-hybridized carbons (Fsp3) is 0.255. The Bertz CT molecular complexity index is 3060. The maximum atomic E-state index is 14.4. The molecule has 0 saturated carbocycles. The molecule has 4 atom stereocenters. The van der Waals surface area contributed by atoms with Gasteiger partial charge in [-0.1, -0.05) is 23.2 Å². The van der Waals surface area contributed by atoms with E-state index in [0.717, 1.165) is 4.90 Å². The Balaban J connectivity index is 0.000000238. The number of carbonyl (C=O) groups excluding carboxylic acids is 5. The number of aromatic nitrogens is 6. The highest BCUT2D eigenvalue weighted by Gasteiger charge is 2.40. The van der Waals surface area contributed by atoms with Crippen LogP contribution in [-0.4, -0.2) is 138 Å². The standard InChI is InChI=1S/C24H21BClFN6O5.C23H22ClFN6O4.ClH/c1-37-19-10-29-20(14-7-12(26)3-4-16(14)27)32-21(19)31-17-5-6-28-9-15(17)22(34)30-13-8-18(23(35)38-2)33(11-13)24(25)36;1-34-19-11-28-20(14-7-12(24)3-4-16(14)25)31-21(19)30-17-5-6-26-10-15(17)22(32)29-13-8-18(27-9-13)23(33)35-2;/h3-7,9-10,13,18H,8,11H2,1-2H3,(H,30,34)(H,28,29,31,32);3-7,10-11,13,18,27H,8-9H2,1-2H3,(H,29,32)(H,26,28,30,31);1H/t2*13-,18-;/m11./s1. The Kier molecular flexibility index (Phi) is 18.9. The molecule has 2 radical (unpaired) electrons. The third-order valence-electron chi connectivity index (χ3n) is 11.3. The number of likely N-dealkylation sites (tertiary alicyclic amines) is 1. The van der Waals surface area contributed by atoms with E-state index in [9.17, 15) is 32.8 Å². The van der Waals surface area contributed by atoms with Gasteiger partial charge in [0.25, 0.3) is 11.8 Å². The first kappa shape index (κ1) is 55.5. The molecule has 8 rings (SSSR count). The highest BCUT2D eigenvalue weighted by atomic mass is 35.5. The Morgan fingerprint density at radius 3 is 1.64 bits per heavy atom. The fourth-order valence-electron chi connectivity index (χ4n) is 7.68. The first-order valence-corrected chi connectivity index (χ1v) is 22.6. The Morgan fingerprint density at radius 2 is 1.18 bits per heavy atom. The summed E-state index contributed by atoms with van der Waals surface area (Å²) in [7, 11) is 10.8. The van der Waals surface area contributed by atoms with Gasteiger partial charge in [0.2, 0.25) is 7.85 Å². The predicted molar refractivity (Wildman–Crippen MR) is 269 cm³/mol. The fourth-order valence-corrected chi connectivity index (χ4v) is 8.02. The molecule has 74 heavy (non-hydrogen) atoms. The van der Waals surface area contributed by atoms with E-state index in [1.54, 1.807) is 6.07 Å². The van der Waals surface area contributed by atoms with Crippen molar-refractivity contribution in [1.82, 2.24) is 50.8 Å². The van der Waals surface area contributed by atoms with Crippen LogP contribution in [0.4, 0.5) is 36.6 Å². The van der Waals surface area contributed by atoms with Crippen LogP contribution in [0.5, 0.6) is 11.5 Å². The highest BCUT2D eigenvalue weighted by Crippen LogP contribution is 2.33. The lowest BCUT2D eigenvalue weighted by Crippen LogP contribution is -2.41.